The van der Waals surface area contributed by atoms with Crippen LogP contribution in [-0.4, -0.2) is 53.5 Å². The van der Waals surface area contributed by atoms with Crippen LogP contribution in [-0.2, 0) is 13.1 Å². The zero-order valence-electron chi connectivity index (χ0n) is 20.3. The Morgan fingerprint density at radius 2 is 1.83 bits per heavy atom. The molecule has 0 atom stereocenters. The number of fused-ring (bicyclic) bond motifs is 1. The fourth-order valence-electron chi connectivity index (χ4n) is 4.18. The first-order valence-corrected chi connectivity index (χ1v) is 11.6. The van der Waals surface area contributed by atoms with E-state index < -0.39 is 0 Å². The van der Waals surface area contributed by atoms with Crippen LogP contribution in [0.1, 0.15) is 36.6 Å². The van der Waals surface area contributed by atoms with Crippen LogP contribution >= 0.6 is 0 Å². The van der Waals surface area contributed by atoms with Crippen molar-refractivity contribution in [3.8, 4) is 17.1 Å². The zero-order valence-corrected chi connectivity index (χ0v) is 20.3. The molecule has 0 aliphatic rings. The first kappa shape index (κ1) is 22.7. The van der Waals surface area contributed by atoms with Crippen LogP contribution in [0.15, 0.2) is 65.7 Å². The standard InChI is InChI=1S/C26H28N8O/c1-17(2)21-7-5-6-8-22(21)24-27-13-23-25(29-24)33(26(35)28-23)14-18-9-11-20(12-10-18)34-16-19(30-31-34)15-32(3)4/h5-13,16-17H,14-15H2,1-4H3,(H,28,35). The minimum Gasteiger partial charge on any atom is -0.303 e. The maximum Gasteiger partial charge on any atom is 0.328 e. The van der Waals surface area contributed by atoms with Crippen molar-refractivity contribution >= 4 is 11.2 Å². The van der Waals surface area contributed by atoms with Gasteiger partial charge in [0.15, 0.2) is 11.5 Å². The van der Waals surface area contributed by atoms with Crippen molar-refractivity contribution in [1.82, 2.24) is 39.4 Å². The van der Waals surface area contributed by atoms with Crippen molar-refractivity contribution in [2.24, 2.45) is 0 Å². The van der Waals surface area contributed by atoms with Crippen LogP contribution in [0.3, 0.4) is 0 Å². The van der Waals surface area contributed by atoms with Crippen LogP contribution in [0.5, 0.6) is 0 Å². The molecule has 0 aliphatic carbocycles. The number of imidazole rings is 1. The quantitative estimate of drug-likeness (QED) is 0.392. The third-order valence-electron chi connectivity index (χ3n) is 5.90. The molecule has 178 valence electrons. The Balaban J connectivity index is 1.44. The van der Waals surface area contributed by atoms with Gasteiger partial charge in [-0.2, -0.15) is 0 Å². The summed E-state index contributed by atoms with van der Waals surface area (Å²) in [7, 11) is 3.99. The molecule has 3 aromatic heterocycles. The third-order valence-corrected chi connectivity index (χ3v) is 5.90. The van der Waals surface area contributed by atoms with Gasteiger partial charge in [-0.3, -0.25) is 4.57 Å². The number of hydrogen-bond donors (Lipinski definition) is 1. The number of H-pyrrole nitrogens is 1. The molecule has 0 unspecified atom stereocenters. The second kappa shape index (κ2) is 9.27. The highest BCUT2D eigenvalue weighted by molar-refractivity contribution is 5.73. The number of benzene rings is 2. The summed E-state index contributed by atoms with van der Waals surface area (Å²) < 4.78 is 3.41. The summed E-state index contributed by atoms with van der Waals surface area (Å²) in [4.78, 5) is 27.0. The molecule has 35 heavy (non-hydrogen) atoms. The second-order valence-electron chi connectivity index (χ2n) is 9.25. The number of nitrogens with zero attached hydrogens (tertiary/aromatic N) is 7. The summed E-state index contributed by atoms with van der Waals surface area (Å²) in [6.45, 7) is 5.42. The van der Waals surface area contributed by atoms with E-state index >= 15 is 0 Å². The van der Waals surface area contributed by atoms with Crippen molar-refractivity contribution in [2.45, 2.75) is 32.9 Å². The fraction of sp³-hybridized carbons (Fsp3) is 0.269. The highest BCUT2D eigenvalue weighted by Crippen LogP contribution is 2.27. The minimum absolute atomic E-state index is 0.211. The lowest BCUT2D eigenvalue weighted by molar-refractivity contribution is 0.396. The number of hydrogen-bond acceptors (Lipinski definition) is 6. The lowest BCUT2D eigenvalue weighted by Crippen LogP contribution is -2.17. The van der Waals surface area contributed by atoms with Crippen LogP contribution in [0, 0.1) is 0 Å². The van der Waals surface area contributed by atoms with Crippen molar-refractivity contribution < 1.29 is 0 Å². The lowest BCUT2D eigenvalue weighted by atomic mass is 9.97. The van der Waals surface area contributed by atoms with Gasteiger partial charge in [-0.05, 0) is 43.3 Å². The van der Waals surface area contributed by atoms with Gasteiger partial charge in [-0.25, -0.2) is 19.4 Å². The SMILES string of the molecule is CC(C)c1ccccc1-c1ncc2[nH]c(=O)n(Cc3ccc(-n4cc(CN(C)C)nn4)cc3)c2n1. The van der Waals surface area contributed by atoms with E-state index in [1.165, 1.54) is 5.56 Å². The van der Waals surface area contributed by atoms with Gasteiger partial charge >= 0.3 is 5.69 Å². The third kappa shape index (κ3) is 4.63. The van der Waals surface area contributed by atoms with Gasteiger partial charge in [0.05, 0.1) is 30.3 Å². The minimum atomic E-state index is -0.211. The predicted molar refractivity (Wildman–Crippen MR) is 136 cm³/mol. The smallest absolute Gasteiger partial charge is 0.303 e. The molecule has 0 amide bonds. The van der Waals surface area contributed by atoms with Crippen LogP contribution in [0.4, 0.5) is 0 Å². The first-order valence-electron chi connectivity index (χ1n) is 11.6. The van der Waals surface area contributed by atoms with Crippen molar-refractivity contribution in [3.63, 3.8) is 0 Å². The van der Waals surface area contributed by atoms with E-state index in [9.17, 15) is 4.79 Å². The van der Waals surface area contributed by atoms with E-state index in [0.717, 1.165) is 29.1 Å². The Hall–Kier alpha value is -4.11. The Bertz CT molecular complexity index is 1530. The average molecular weight is 469 g/mol. The number of rotatable bonds is 7. The summed E-state index contributed by atoms with van der Waals surface area (Å²) in [5, 5.41) is 8.44. The maximum atomic E-state index is 12.8. The molecular formula is C26H28N8O. The van der Waals surface area contributed by atoms with Gasteiger partial charge in [0, 0.05) is 12.1 Å². The second-order valence-corrected chi connectivity index (χ2v) is 9.25. The molecule has 0 aliphatic heterocycles. The summed E-state index contributed by atoms with van der Waals surface area (Å²) in [6, 6.07) is 16.1. The molecule has 0 saturated carbocycles. The Morgan fingerprint density at radius 3 is 2.57 bits per heavy atom. The number of aromatic amines is 1. The maximum absolute atomic E-state index is 12.8. The zero-order chi connectivity index (χ0) is 24.5. The van der Waals surface area contributed by atoms with E-state index in [1.54, 1.807) is 15.4 Å². The van der Waals surface area contributed by atoms with Gasteiger partial charge < -0.3 is 9.88 Å². The summed E-state index contributed by atoms with van der Waals surface area (Å²) in [5.41, 5.74) is 5.95. The fourth-order valence-corrected chi connectivity index (χ4v) is 4.18. The van der Waals surface area contributed by atoms with Crippen molar-refractivity contribution in [1.29, 1.82) is 0 Å². The molecule has 0 radical (unpaired) electrons. The molecule has 1 N–H and O–H groups in total. The Labute approximate surface area is 203 Å². The monoisotopic (exact) mass is 468 g/mol. The molecule has 9 nitrogen and oxygen atoms in total. The van der Waals surface area contributed by atoms with E-state index in [2.05, 4.69) is 40.2 Å². The van der Waals surface area contributed by atoms with Crippen LogP contribution < -0.4 is 5.69 Å². The molecule has 5 rings (SSSR count). The van der Waals surface area contributed by atoms with Gasteiger partial charge in [0.1, 0.15) is 5.52 Å². The topological polar surface area (TPSA) is 97.5 Å². The number of nitrogens with one attached hydrogen (secondary N) is 1. The van der Waals surface area contributed by atoms with E-state index in [0.29, 0.717) is 29.5 Å². The molecule has 2 aromatic carbocycles. The molecule has 0 fully saturated rings. The molecule has 0 saturated heterocycles. The van der Waals surface area contributed by atoms with Crippen molar-refractivity contribution in [2.75, 3.05) is 14.1 Å². The Morgan fingerprint density at radius 1 is 1.06 bits per heavy atom. The molecule has 5 aromatic rings. The van der Waals surface area contributed by atoms with Crippen LogP contribution in [0.25, 0.3) is 28.2 Å². The van der Waals surface area contributed by atoms with E-state index in [4.69, 9.17) is 4.98 Å². The average Bonchev–Trinajstić information content (AvgIpc) is 3.43. The van der Waals surface area contributed by atoms with Crippen molar-refractivity contribution in [3.05, 3.63) is 88.2 Å². The predicted octanol–water partition coefficient (Wildman–Crippen LogP) is 3.60. The molecular weight excluding hydrogens is 440 g/mol. The van der Waals surface area contributed by atoms with Gasteiger partial charge in [0.25, 0.3) is 0 Å². The first-order chi connectivity index (χ1) is 16.9. The molecule has 9 heteroatoms. The lowest BCUT2D eigenvalue weighted by Gasteiger charge is -2.11. The van der Waals surface area contributed by atoms with E-state index in [-0.39, 0.29) is 5.69 Å². The highest BCUT2D eigenvalue weighted by Gasteiger charge is 2.15. The highest BCUT2D eigenvalue weighted by atomic mass is 16.1. The van der Waals surface area contributed by atoms with Gasteiger partial charge in [-0.1, -0.05) is 55.5 Å². The molecule has 0 spiro atoms. The van der Waals surface area contributed by atoms with Gasteiger partial charge in [0.2, 0.25) is 0 Å². The van der Waals surface area contributed by atoms with E-state index in [1.807, 2.05) is 67.7 Å². The van der Waals surface area contributed by atoms with Crippen LogP contribution in [0.2, 0.25) is 0 Å². The Kier molecular flexibility index (Phi) is 6.00. The largest absolute Gasteiger partial charge is 0.328 e. The normalized spacial score (nSPS) is 11.7. The molecule has 3 heterocycles. The van der Waals surface area contributed by atoms with Gasteiger partial charge in [-0.15, -0.1) is 5.10 Å². The summed E-state index contributed by atoms with van der Waals surface area (Å²) in [6.07, 6.45) is 3.61. The number of aromatic nitrogens is 7. The molecule has 0 bridgehead atoms. The summed E-state index contributed by atoms with van der Waals surface area (Å²) in [5.74, 6) is 0.950. The summed E-state index contributed by atoms with van der Waals surface area (Å²) >= 11 is 0.